The van der Waals surface area contributed by atoms with E-state index in [-0.39, 0.29) is 23.1 Å². The van der Waals surface area contributed by atoms with Crippen molar-refractivity contribution in [2.75, 3.05) is 0 Å². The Labute approximate surface area is 236 Å². The Balaban J connectivity index is -0.000000240. The van der Waals surface area contributed by atoms with Crippen LogP contribution in [0.1, 0.15) is 38.5 Å². The van der Waals surface area contributed by atoms with Crippen molar-refractivity contribution in [1.82, 2.24) is 0 Å². The fourth-order valence-corrected chi connectivity index (χ4v) is 2.14. The van der Waals surface area contributed by atoms with E-state index in [4.69, 9.17) is 61.3 Å². The monoisotopic (exact) mass is 602 g/mol. The molecule has 21 nitrogen and oxygen atoms in total. The van der Waals surface area contributed by atoms with E-state index in [1.807, 2.05) is 0 Å². The zero-order chi connectivity index (χ0) is 31.9. The Hall–Kier alpha value is -4.12. The molecule has 0 aromatic heterocycles. The van der Waals surface area contributed by atoms with E-state index in [2.05, 4.69) is 0 Å². The van der Waals surface area contributed by atoms with Crippen molar-refractivity contribution in [3.63, 3.8) is 0 Å². The predicted octanol–water partition coefficient (Wildman–Crippen LogP) is -4.66. The van der Waals surface area contributed by atoms with E-state index >= 15 is 0 Å². The maximum absolute atomic E-state index is 10.3. The number of hydrogen-bond donors (Lipinski definition) is 12. The Morgan fingerprint density at radius 2 is 0.425 bits per heavy atom. The standard InChI is InChI=1S/3C6H8O7.Mg.2H/c3*7-3(8)1-6(13,5(11)12)2-4(9)10;;;/h3*13H,1-2H2,(H,7,8)(H,9,10)(H,11,12);;;. The molecule has 0 aromatic carbocycles. The van der Waals surface area contributed by atoms with E-state index in [0.29, 0.717) is 0 Å². The van der Waals surface area contributed by atoms with Crippen LogP contribution in [0.25, 0.3) is 0 Å². The number of carboxylic acid groups (broad SMARTS) is 9. The van der Waals surface area contributed by atoms with Gasteiger partial charge in [0.25, 0.3) is 0 Å². The molecule has 0 saturated heterocycles. The smallest absolute Gasteiger partial charge is 0.336 e. The van der Waals surface area contributed by atoms with E-state index in [0.717, 1.165) is 0 Å². The number of aliphatic hydroxyl groups is 3. The van der Waals surface area contributed by atoms with Gasteiger partial charge >= 0.3 is 76.8 Å². The van der Waals surface area contributed by atoms with Crippen LogP contribution in [0.5, 0.6) is 0 Å². The molecule has 0 fully saturated rings. The molecule has 0 amide bonds. The Bertz CT molecular complexity index is 812. The first kappa shape index (κ1) is 42.9. The summed E-state index contributed by atoms with van der Waals surface area (Å²) in [5.74, 6) is -15.1. The Kier molecular flexibility index (Phi) is 19.6. The maximum atomic E-state index is 10.3. The average molecular weight is 603 g/mol. The topological polar surface area (TPSA) is 396 Å². The van der Waals surface area contributed by atoms with Crippen molar-refractivity contribution in [3.8, 4) is 0 Å². The molecule has 0 aliphatic heterocycles. The fourth-order valence-electron chi connectivity index (χ4n) is 2.14. The van der Waals surface area contributed by atoms with Gasteiger partial charge in [-0.25, -0.2) is 14.4 Å². The van der Waals surface area contributed by atoms with Crippen LogP contribution in [0.15, 0.2) is 0 Å². The lowest BCUT2D eigenvalue weighted by Crippen LogP contribution is -2.42. The second-order valence-corrected chi connectivity index (χ2v) is 7.43. The highest BCUT2D eigenvalue weighted by Gasteiger charge is 2.42. The first-order chi connectivity index (χ1) is 17.3. The average Bonchev–Trinajstić information content (AvgIpc) is 2.64. The molecule has 0 aliphatic carbocycles. The van der Waals surface area contributed by atoms with Gasteiger partial charge in [-0.2, -0.15) is 0 Å². The third-order valence-corrected chi connectivity index (χ3v) is 3.86. The van der Waals surface area contributed by atoms with E-state index < -0.39 is 109 Å². The van der Waals surface area contributed by atoms with Gasteiger partial charge < -0.3 is 61.3 Å². The van der Waals surface area contributed by atoms with Gasteiger partial charge in [0.15, 0.2) is 16.8 Å². The summed E-state index contributed by atoms with van der Waals surface area (Å²) in [4.78, 5) is 91.5. The molecule has 0 unspecified atom stereocenters. The minimum Gasteiger partial charge on any atom is -0.481 e. The van der Waals surface area contributed by atoms with Crippen LogP contribution in [0.2, 0.25) is 0 Å². The molecule has 0 heterocycles. The molecule has 0 atom stereocenters. The number of carbonyl (C=O) groups is 9. The lowest BCUT2D eigenvalue weighted by atomic mass is 9.96. The van der Waals surface area contributed by atoms with Gasteiger partial charge in [-0.1, -0.05) is 0 Å². The summed E-state index contributed by atoms with van der Waals surface area (Å²) in [5, 5.41) is 101. The number of carboxylic acids is 9. The molecule has 0 bridgehead atoms. The van der Waals surface area contributed by atoms with Gasteiger partial charge in [0.2, 0.25) is 0 Å². The Morgan fingerprint density at radius 1 is 0.325 bits per heavy atom. The maximum Gasteiger partial charge on any atom is 0.336 e. The van der Waals surface area contributed by atoms with Crippen molar-refractivity contribution in [1.29, 1.82) is 0 Å². The van der Waals surface area contributed by atoms with Crippen molar-refractivity contribution in [2.24, 2.45) is 0 Å². The summed E-state index contributed by atoms with van der Waals surface area (Å²) in [5.41, 5.74) is -8.22. The van der Waals surface area contributed by atoms with Crippen LogP contribution in [0.3, 0.4) is 0 Å². The van der Waals surface area contributed by atoms with E-state index in [1.165, 1.54) is 0 Å². The molecule has 40 heavy (non-hydrogen) atoms. The zero-order valence-corrected chi connectivity index (χ0v) is 19.3. The molecule has 226 valence electrons. The van der Waals surface area contributed by atoms with Crippen LogP contribution in [0, 0.1) is 0 Å². The van der Waals surface area contributed by atoms with Crippen LogP contribution in [0.4, 0.5) is 0 Å². The zero-order valence-electron chi connectivity index (χ0n) is 19.3. The highest BCUT2D eigenvalue weighted by atomic mass is 24.3. The number of rotatable bonds is 15. The van der Waals surface area contributed by atoms with Gasteiger partial charge in [-0.05, 0) is 0 Å². The van der Waals surface area contributed by atoms with Gasteiger partial charge in [0.1, 0.15) is 0 Å². The highest BCUT2D eigenvalue weighted by Crippen LogP contribution is 2.17. The molecule has 0 aliphatic rings. The lowest BCUT2D eigenvalue weighted by molar-refractivity contribution is -0.170. The summed E-state index contributed by atoms with van der Waals surface area (Å²) < 4.78 is 0. The van der Waals surface area contributed by atoms with Crippen LogP contribution >= 0.6 is 0 Å². The summed E-state index contributed by atoms with van der Waals surface area (Å²) in [6.07, 6.45) is -6.87. The number of aliphatic carboxylic acids is 9. The predicted molar refractivity (Wildman–Crippen MR) is 120 cm³/mol. The Morgan fingerprint density at radius 3 is 0.475 bits per heavy atom. The van der Waals surface area contributed by atoms with Crippen molar-refractivity contribution < 1.29 is 104 Å². The molecule has 0 saturated carbocycles. The first-order valence-electron chi connectivity index (χ1n) is 9.51. The molecule has 0 spiro atoms. The summed E-state index contributed by atoms with van der Waals surface area (Å²) in [6, 6.07) is 0. The molecule has 0 radical (unpaired) electrons. The van der Waals surface area contributed by atoms with Crippen molar-refractivity contribution >= 4 is 76.8 Å². The SMILES string of the molecule is O=C(O)CC(O)(CC(=O)O)C(=O)O.O=C(O)CC(O)(CC(=O)O)C(=O)O.O=C(O)CC(O)(CC(=O)O)C(=O)O.[MgH2]. The van der Waals surface area contributed by atoms with Gasteiger partial charge in [0, 0.05) is 0 Å². The van der Waals surface area contributed by atoms with E-state index in [1.54, 1.807) is 0 Å². The second-order valence-electron chi connectivity index (χ2n) is 7.43. The van der Waals surface area contributed by atoms with Crippen LogP contribution in [-0.2, 0) is 43.2 Å². The normalized spacial score (nSPS) is 10.6. The van der Waals surface area contributed by atoms with Crippen LogP contribution in [-0.4, -0.2) is 155 Å². The second kappa shape index (κ2) is 18.2. The van der Waals surface area contributed by atoms with Gasteiger partial charge in [-0.15, -0.1) is 0 Å². The highest BCUT2D eigenvalue weighted by molar-refractivity contribution is 5.89. The molecule has 0 aromatic rings. The molecular formula is C18H26MgO21. The summed E-state index contributed by atoms with van der Waals surface area (Å²) in [7, 11) is 0. The largest absolute Gasteiger partial charge is 0.481 e. The molecule has 22 heteroatoms. The van der Waals surface area contributed by atoms with Gasteiger partial charge in [0.05, 0.1) is 38.5 Å². The quantitative estimate of drug-likeness (QED) is 0.0783. The molecular weight excluding hydrogens is 576 g/mol. The lowest BCUT2D eigenvalue weighted by Gasteiger charge is -2.18. The molecule has 12 N–H and O–H groups in total. The minimum absolute atomic E-state index is 0. The first-order valence-corrected chi connectivity index (χ1v) is 9.51. The third kappa shape index (κ3) is 19.0. The van der Waals surface area contributed by atoms with Crippen molar-refractivity contribution in [3.05, 3.63) is 0 Å². The third-order valence-electron chi connectivity index (χ3n) is 3.86. The van der Waals surface area contributed by atoms with Crippen molar-refractivity contribution in [2.45, 2.75) is 55.3 Å². The van der Waals surface area contributed by atoms with Gasteiger partial charge in [-0.3, -0.25) is 28.8 Å². The van der Waals surface area contributed by atoms with Crippen LogP contribution < -0.4 is 0 Å². The minimum atomic E-state index is -2.74. The molecule has 0 rings (SSSR count). The van der Waals surface area contributed by atoms with E-state index in [9.17, 15) is 43.2 Å². The summed E-state index contributed by atoms with van der Waals surface area (Å²) >= 11 is 0. The number of hydrogen-bond acceptors (Lipinski definition) is 12. The fraction of sp³-hybridized carbons (Fsp3) is 0.500. The summed E-state index contributed by atoms with van der Waals surface area (Å²) in [6.45, 7) is 0.